The highest BCUT2D eigenvalue weighted by molar-refractivity contribution is 5.82. The lowest BCUT2D eigenvalue weighted by molar-refractivity contribution is 0.493. The molecule has 3 aromatic rings. The minimum atomic E-state index is -0.272. The van der Waals surface area contributed by atoms with Crippen molar-refractivity contribution in [1.29, 1.82) is 0 Å². The van der Waals surface area contributed by atoms with Crippen LogP contribution in [-0.4, -0.2) is 15.0 Å². The molecule has 0 radical (unpaired) electrons. The number of nitrogens with one attached hydrogen (secondary N) is 1. The van der Waals surface area contributed by atoms with Crippen LogP contribution in [0.3, 0.4) is 0 Å². The van der Waals surface area contributed by atoms with Crippen LogP contribution in [0.4, 0.5) is 0 Å². The molecule has 24 heavy (non-hydrogen) atoms. The summed E-state index contributed by atoms with van der Waals surface area (Å²) in [6.07, 6.45) is 3.73. The first-order chi connectivity index (χ1) is 11.5. The third-order valence-electron chi connectivity index (χ3n) is 3.52. The van der Waals surface area contributed by atoms with E-state index in [9.17, 15) is 4.79 Å². The molecule has 1 aromatic carbocycles. The number of oxazole rings is 1. The van der Waals surface area contributed by atoms with Crippen molar-refractivity contribution in [3.05, 3.63) is 47.0 Å². The zero-order valence-corrected chi connectivity index (χ0v) is 14.5. The Hall–Kier alpha value is -2.47. The van der Waals surface area contributed by atoms with Gasteiger partial charge in [-0.25, -0.2) is 9.97 Å². The summed E-state index contributed by atoms with van der Waals surface area (Å²) in [6, 6.07) is 5.13. The highest BCUT2D eigenvalue weighted by Crippen LogP contribution is 2.22. The molecule has 128 valence electrons. The molecule has 2 aromatic heterocycles. The van der Waals surface area contributed by atoms with Gasteiger partial charge in [-0.1, -0.05) is 27.7 Å². The monoisotopic (exact) mass is 328 g/mol. The molecule has 0 saturated carbocycles. The van der Waals surface area contributed by atoms with Gasteiger partial charge in [0.25, 0.3) is 5.56 Å². The fourth-order valence-electron chi connectivity index (χ4n) is 2.46. The van der Waals surface area contributed by atoms with Crippen molar-refractivity contribution in [3.63, 3.8) is 0 Å². The van der Waals surface area contributed by atoms with Gasteiger partial charge in [-0.05, 0) is 30.5 Å². The van der Waals surface area contributed by atoms with E-state index in [0.29, 0.717) is 28.4 Å². The molecule has 6 nitrogen and oxygen atoms in total. The van der Waals surface area contributed by atoms with Crippen molar-refractivity contribution < 1.29 is 4.42 Å². The van der Waals surface area contributed by atoms with E-state index in [1.807, 2.05) is 19.9 Å². The van der Waals surface area contributed by atoms with Crippen molar-refractivity contribution in [3.8, 4) is 11.3 Å². The Bertz CT molecular complexity index is 838. The van der Waals surface area contributed by atoms with Gasteiger partial charge in [-0.15, -0.1) is 0 Å². The maximum absolute atomic E-state index is 12.3. The number of nitrogens with zero attached hydrogens (tertiary/aromatic N) is 2. The minimum Gasteiger partial charge on any atom is -0.444 e. The second-order valence-corrected chi connectivity index (χ2v) is 5.78. The fourth-order valence-corrected chi connectivity index (χ4v) is 2.46. The molecule has 2 heterocycles. The Kier molecular flexibility index (Phi) is 5.87. The number of fused-ring (bicyclic) bond motifs is 1. The SMILES string of the molecule is CC.CC(C)CC(N)c1nc2ccc(-c3cnco3)cc2c(=O)[nH]1. The lowest BCUT2D eigenvalue weighted by Gasteiger charge is -2.13. The maximum Gasteiger partial charge on any atom is 0.258 e. The first-order valence-electron chi connectivity index (χ1n) is 8.23. The highest BCUT2D eigenvalue weighted by Gasteiger charge is 2.13. The highest BCUT2D eigenvalue weighted by atomic mass is 16.3. The van der Waals surface area contributed by atoms with Gasteiger partial charge in [0.2, 0.25) is 0 Å². The average molecular weight is 328 g/mol. The zero-order chi connectivity index (χ0) is 17.7. The molecular weight excluding hydrogens is 304 g/mol. The molecular formula is C18H24N4O2. The summed E-state index contributed by atoms with van der Waals surface area (Å²) >= 11 is 0. The number of benzene rings is 1. The molecule has 1 unspecified atom stereocenters. The van der Waals surface area contributed by atoms with Gasteiger partial charge in [-0.3, -0.25) is 4.79 Å². The minimum absolute atomic E-state index is 0.194. The van der Waals surface area contributed by atoms with Crippen molar-refractivity contribution in [2.24, 2.45) is 11.7 Å². The molecule has 0 amide bonds. The lowest BCUT2D eigenvalue weighted by atomic mass is 10.0. The summed E-state index contributed by atoms with van der Waals surface area (Å²) < 4.78 is 5.25. The molecule has 1 atom stereocenters. The first kappa shape index (κ1) is 17.9. The molecule has 0 aliphatic heterocycles. The van der Waals surface area contributed by atoms with E-state index in [1.165, 1.54) is 6.39 Å². The fraction of sp³-hybridized carbons (Fsp3) is 0.389. The molecule has 3 rings (SSSR count). The summed E-state index contributed by atoms with van der Waals surface area (Å²) in [4.78, 5) is 23.5. The zero-order valence-electron chi connectivity index (χ0n) is 14.5. The molecule has 0 spiro atoms. The standard InChI is InChI=1S/C16H18N4O2.C2H6/c1-9(2)5-12(17)15-19-13-4-3-10(14-7-18-8-22-14)6-11(13)16(21)20-15;1-2/h3-4,6-9,12H,5,17H2,1-2H3,(H,19,20,21);1-2H3. The van der Waals surface area contributed by atoms with Crippen molar-refractivity contribution in [2.45, 2.75) is 40.2 Å². The first-order valence-corrected chi connectivity index (χ1v) is 8.23. The number of rotatable bonds is 4. The average Bonchev–Trinajstić information content (AvgIpc) is 3.10. The van der Waals surface area contributed by atoms with E-state index in [4.69, 9.17) is 10.2 Å². The molecule has 0 bridgehead atoms. The van der Waals surface area contributed by atoms with Crippen molar-refractivity contribution in [2.75, 3.05) is 0 Å². The second kappa shape index (κ2) is 7.88. The van der Waals surface area contributed by atoms with Crippen LogP contribution in [0.5, 0.6) is 0 Å². The third kappa shape index (κ3) is 3.89. The van der Waals surface area contributed by atoms with Crippen LogP contribution < -0.4 is 11.3 Å². The van der Waals surface area contributed by atoms with E-state index in [1.54, 1.807) is 18.3 Å². The molecule has 6 heteroatoms. The van der Waals surface area contributed by atoms with E-state index in [2.05, 4.69) is 28.8 Å². The number of hydrogen-bond acceptors (Lipinski definition) is 5. The Morgan fingerprint density at radius 2 is 2.04 bits per heavy atom. The molecule has 0 saturated heterocycles. The number of aromatic nitrogens is 3. The van der Waals surface area contributed by atoms with Crippen LogP contribution in [0.2, 0.25) is 0 Å². The van der Waals surface area contributed by atoms with Gasteiger partial charge in [0.05, 0.1) is 23.1 Å². The van der Waals surface area contributed by atoms with E-state index >= 15 is 0 Å². The Labute approximate surface area is 141 Å². The number of aromatic amines is 1. The number of nitrogens with two attached hydrogens (primary N) is 1. The van der Waals surface area contributed by atoms with Crippen LogP contribution in [0.15, 0.2) is 40.0 Å². The van der Waals surface area contributed by atoms with E-state index in [0.717, 1.165) is 12.0 Å². The predicted octanol–water partition coefficient (Wildman–Crippen LogP) is 3.65. The largest absolute Gasteiger partial charge is 0.444 e. The Morgan fingerprint density at radius 3 is 2.67 bits per heavy atom. The summed E-state index contributed by atoms with van der Waals surface area (Å²) in [5, 5.41) is 0.509. The van der Waals surface area contributed by atoms with Gasteiger partial charge in [0.1, 0.15) is 5.82 Å². The van der Waals surface area contributed by atoms with Crippen molar-refractivity contribution >= 4 is 10.9 Å². The van der Waals surface area contributed by atoms with Gasteiger partial charge in [0.15, 0.2) is 12.2 Å². The van der Waals surface area contributed by atoms with E-state index in [-0.39, 0.29) is 11.6 Å². The van der Waals surface area contributed by atoms with Crippen LogP contribution in [0, 0.1) is 5.92 Å². The van der Waals surface area contributed by atoms with Gasteiger partial charge in [0, 0.05) is 5.56 Å². The summed E-state index contributed by atoms with van der Waals surface area (Å²) in [7, 11) is 0. The lowest BCUT2D eigenvalue weighted by Crippen LogP contribution is -2.21. The van der Waals surface area contributed by atoms with Crippen molar-refractivity contribution in [1.82, 2.24) is 15.0 Å². The molecule has 3 N–H and O–H groups in total. The number of hydrogen-bond donors (Lipinski definition) is 2. The van der Waals surface area contributed by atoms with Gasteiger partial charge < -0.3 is 15.1 Å². The van der Waals surface area contributed by atoms with Crippen LogP contribution in [0.25, 0.3) is 22.2 Å². The second-order valence-electron chi connectivity index (χ2n) is 5.78. The molecule has 0 fully saturated rings. The normalized spacial score (nSPS) is 12.1. The van der Waals surface area contributed by atoms with Gasteiger partial charge >= 0.3 is 0 Å². The summed E-state index contributed by atoms with van der Waals surface area (Å²) in [6.45, 7) is 8.17. The maximum atomic E-state index is 12.3. The molecule has 0 aliphatic carbocycles. The smallest absolute Gasteiger partial charge is 0.258 e. The van der Waals surface area contributed by atoms with Crippen LogP contribution >= 0.6 is 0 Å². The Balaban J connectivity index is 0.00000100. The topological polar surface area (TPSA) is 97.8 Å². The van der Waals surface area contributed by atoms with Crippen LogP contribution in [0.1, 0.15) is 46.0 Å². The number of H-pyrrole nitrogens is 1. The summed E-state index contributed by atoms with van der Waals surface area (Å²) in [5.41, 5.74) is 7.33. The van der Waals surface area contributed by atoms with Gasteiger partial charge in [-0.2, -0.15) is 0 Å². The van der Waals surface area contributed by atoms with Crippen LogP contribution in [-0.2, 0) is 0 Å². The third-order valence-corrected chi connectivity index (χ3v) is 3.52. The predicted molar refractivity (Wildman–Crippen MR) is 95.6 cm³/mol. The summed E-state index contributed by atoms with van der Waals surface area (Å²) in [5.74, 6) is 1.57. The quantitative estimate of drug-likeness (QED) is 0.762. The molecule has 0 aliphatic rings. The van der Waals surface area contributed by atoms with E-state index < -0.39 is 0 Å². The Morgan fingerprint density at radius 1 is 1.29 bits per heavy atom.